The molecule has 6 heteroatoms. The van der Waals surface area contributed by atoms with Gasteiger partial charge in [0, 0.05) is 6.07 Å². The number of pyridine rings is 1. The lowest BCUT2D eigenvalue weighted by Crippen LogP contribution is -1.98. The normalized spacial score (nSPS) is 11.3. The molecule has 0 aliphatic heterocycles. The van der Waals surface area contributed by atoms with Crippen LogP contribution >= 0.6 is 0 Å². The molecule has 0 saturated heterocycles. The van der Waals surface area contributed by atoms with Crippen molar-refractivity contribution in [2.75, 3.05) is 7.11 Å². The van der Waals surface area contributed by atoms with E-state index in [4.69, 9.17) is 4.74 Å². The zero-order valence-electron chi connectivity index (χ0n) is 7.11. The topological polar surface area (TPSA) is 56.3 Å². The summed E-state index contributed by atoms with van der Waals surface area (Å²) in [5.74, 6) is 0.255. The summed E-state index contributed by atoms with van der Waals surface area (Å²) in [4.78, 5) is 3.16. The lowest BCUT2D eigenvalue weighted by atomic mass is 10.3. The molecule has 0 bridgehead atoms. The third kappa shape index (κ3) is 2.15. The van der Waals surface area contributed by atoms with Gasteiger partial charge in [0.2, 0.25) is 5.88 Å². The monoisotopic (exact) mass is 205 g/mol. The van der Waals surface area contributed by atoms with E-state index in [1.54, 1.807) is 0 Å². The van der Waals surface area contributed by atoms with Crippen molar-refractivity contribution in [3.8, 4) is 5.88 Å². The summed E-state index contributed by atoms with van der Waals surface area (Å²) >= 11 is 0. The number of ether oxygens (including phenoxy) is 1. The molecule has 0 spiro atoms. The summed E-state index contributed by atoms with van der Waals surface area (Å²) in [7, 11) is -3.28. The summed E-state index contributed by atoms with van der Waals surface area (Å²) in [6.45, 7) is 1.47. The highest BCUT2D eigenvalue weighted by Gasteiger charge is 2.15. The van der Waals surface area contributed by atoms with Crippen LogP contribution in [0.5, 0.6) is 5.88 Å². The van der Waals surface area contributed by atoms with E-state index in [9.17, 15) is 12.3 Å². The quantitative estimate of drug-likeness (QED) is 0.677. The van der Waals surface area contributed by atoms with Crippen LogP contribution in [-0.2, 0) is 10.2 Å². The van der Waals surface area contributed by atoms with Gasteiger partial charge in [0.05, 0.1) is 13.3 Å². The molecule has 4 nitrogen and oxygen atoms in total. The third-order valence-electron chi connectivity index (χ3n) is 1.51. The Hall–Kier alpha value is -1.17. The largest absolute Gasteiger partial charge is 0.481 e. The van der Waals surface area contributed by atoms with Gasteiger partial charge in [-0.1, -0.05) is 0 Å². The number of aryl methyl sites for hydroxylation is 1. The van der Waals surface area contributed by atoms with Gasteiger partial charge in [-0.25, -0.2) is 4.98 Å². The van der Waals surface area contributed by atoms with Gasteiger partial charge in [-0.3, -0.25) is 0 Å². The maximum Gasteiger partial charge on any atom is 0.333 e. The molecule has 0 N–H and O–H groups in total. The number of hydrogen-bond acceptors (Lipinski definition) is 4. The summed E-state index contributed by atoms with van der Waals surface area (Å²) in [5.41, 5.74) is 0.273. The van der Waals surface area contributed by atoms with Crippen molar-refractivity contribution in [2.45, 2.75) is 11.8 Å². The van der Waals surface area contributed by atoms with Crippen LogP contribution < -0.4 is 4.74 Å². The van der Waals surface area contributed by atoms with E-state index in [0.29, 0.717) is 0 Å². The van der Waals surface area contributed by atoms with E-state index in [0.717, 1.165) is 6.20 Å². The molecular weight excluding hydrogens is 197 g/mol. The summed E-state index contributed by atoms with van der Waals surface area (Å²) in [5, 5.41) is 0. The van der Waals surface area contributed by atoms with Crippen LogP contribution in [0, 0.1) is 6.92 Å². The van der Waals surface area contributed by atoms with E-state index >= 15 is 0 Å². The first-order valence-electron chi connectivity index (χ1n) is 3.40. The molecule has 72 valence electrons. The van der Waals surface area contributed by atoms with E-state index in [1.165, 1.54) is 20.1 Å². The van der Waals surface area contributed by atoms with Crippen LogP contribution in [0.1, 0.15) is 5.56 Å². The van der Waals surface area contributed by atoms with Gasteiger partial charge in [-0.05, 0) is 12.5 Å². The van der Waals surface area contributed by atoms with Crippen molar-refractivity contribution >= 4 is 10.2 Å². The number of aromatic nitrogens is 1. The molecule has 1 aromatic rings. The minimum atomic E-state index is -4.68. The fourth-order valence-corrected chi connectivity index (χ4v) is 1.51. The predicted molar refractivity (Wildman–Crippen MR) is 43.8 cm³/mol. The van der Waals surface area contributed by atoms with Crippen LogP contribution in [0.25, 0.3) is 0 Å². The predicted octanol–water partition coefficient (Wildman–Crippen LogP) is 1.06. The second-order valence-corrected chi connectivity index (χ2v) is 3.75. The Morgan fingerprint density at radius 1 is 1.54 bits per heavy atom. The minimum absolute atomic E-state index is 0.255. The molecule has 0 aromatic carbocycles. The first-order valence-corrected chi connectivity index (χ1v) is 4.79. The van der Waals surface area contributed by atoms with Gasteiger partial charge in [0.1, 0.15) is 4.90 Å². The van der Waals surface area contributed by atoms with Gasteiger partial charge >= 0.3 is 10.2 Å². The van der Waals surface area contributed by atoms with E-state index < -0.39 is 15.1 Å². The van der Waals surface area contributed by atoms with Crippen molar-refractivity contribution in [3.05, 3.63) is 17.8 Å². The lowest BCUT2D eigenvalue weighted by Gasteiger charge is -2.02. The minimum Gasteiger partial charge on any atom is -0.481 e. The molecule has 0 amide bonds. The Balaban J connectivity index is 3.29. The van der Waals surface area contributed by atoms with E-state index in [1.807, 2.05) is 0 Å². The molecule has 13 heavy (non-hydrogen) atoms. The third-order valence-corrected chi connectivity index (χ3v) is 2.46. The Labute approximate surface area is 75.6 Å². The second-order valence-electron chi connectivity index (χ2n) is 2.43. The van der Waals surface area contributed by atoms with Crippen molar-refractivity contribution < 1.29 is 17.0 Å². The van der Waals surface area contributed by atoms with Crippen LogP contribution in [-0.4, -0.2) is 20.5 Å². The Bertz CT molecular complexity index is 416. The SMILES string of the molecule is COc1cc(C)c(S(=O)(=O)F)cn1. The maximum atomic E-state index is 12.5. The lowest BCUT2D eigenvalue weighted by molar-refractivity contribution is 0.396. The molecule has 0 atom stereocenters. The molecule has 1 aromatic heterocycles. The van der Waals surface area contributed by atoms with Crippen LogP contribution in [0.15, 0.2) is 17.2 Å². The Morgan fingerprint density at radius 2 is 2.15 bits per heavy atom. The molecule has 0 aliphatic rings. The van der Waals surface area contributed by atoms with Gasteiger partial charge in [0.15, 0.2) is 0 Å². The Kier molecular flexibility index (Phi) is 2.51. The number of methoxy groups -OCH3 is 1. The van der Waals surface area contributed by atoms with Gasteiger partial charge in [-0.2, -0.15) is 8.42 Å². The molecule has 1 heterocycles. The summed E-state index contributed by atoms with van der Waals surface area (Å²) in [6, 6.07) is 1.35. The van der Waals surface area contributed by atoms with E-state index in [-0.39, 0.29) is 11.4 Å². The molecule has 0 radical (unpaired) electrons. The van der Waals surface area contributed by atoms with Gasteiger partial charge in [0.25, 0.3) is 0 Å². The molecular formula is C7H8FNO3S. The van der Waals surface area contributed by atoms with Crippen LogP contribution in [0.4, 0.5) is 3.89 Å². The number of halogens is 1. The average molecular weight is 205 g/mol. The number of hydrogen-bond donors (Lipinski definition) is 0. The van der Waals surface area contributed by atoms with Crippen LogP contribution in [0.3, 0.4) is 0 Å². The van der Waals surface area contributed by atoms with Crippen LogP contribution in [0.2, 0.25) is 0 Å². The highest BCUT2D eigenvalue weighted by Crippen LogP contribution is 2.19. The van der Waals surface area contributed by atoms with Gasteiger partial charge < -0.3 is 4.74 Å². The average Bonchev–Trinajstić information content (AvgIpc) is 2.01. The zero-order valence-corrected chi connectivity index (χ0v) is 7.93. The standard InChI is InChI=1S/C7H8FNO3S/c1-5-3-7(12-2)9-4-6(5)13(8,10)11/h3-4H,1-2H3. The van der Waals surface area contributed by atoms with Crippen molar-refractivity contribution in [3.63, 3.8) is 0 Å². The number of rotatable bonds is 2. The molecule has 0 saturated carbocycles. The molecule has 0 fully saturated rings. The highest BCUT2D eigenvalue weighted by molar-refractivity contribution is 7.86. The maximum absolute atomic E-state index is 12.5. The second kappa shape index (κ2) is 3.29. The number of nitrogens with zero attached hydrogens (tertiary/aromatic N) is 1. The van der Waals surface area contributed by atoms with Crippen molar-refractivity contribution in [1.82, 2.24) is 4.98 Å². The smallest absolute Gasteiger partial charge is 0.333 e. The molecule has 0 unspecified atom stereocenters. The molecule has 0 aliphatic carbocycles. The Morgan fingerprint density at radius 3 is 2.54 bits per heavy atom. The highest BCUT2D eigenvalue weighted by atomic mass is 32.3. The van der Waals surface area contributed by atoms with E-state index in [2.05, 4.69) is 4.98 Å². The fourth-order valence-electron chi connectivity index (χ4n) is 0.885. The first-order chi connectivity index (χ1) is 5.95. The van der Waals surface area contributed by atoms with Crippen molar-refractivity contribution in [1.29, 1.82) is 0 Å². The summed E-state index contributed by atoms with van der Waals surface area (Å²) < 4.78 is 38.3. The molecule has 1 rings (SSSR count). The fraction of sp³-hybridized carbons (Fsp3) is 0.286. The summed E-state index contributed by atoms with van der Waals surface area (Å²) in [6.07, 6.45) is 0.934. The zero-order chi connectivity index (χ0) is 10.1. The first kappa shape index (κ1) is 9.91. The van der Waals surface area contributed by atoms with Crippen molar-refractivity contribution in [2.24, 2.45) is 0 Å². The van der Waals surface area contributed by atoms with Gasteiger partial charge in [-0.15, -0.1) is 3.89 Å².